The van der Waals surface area contributed by atoms with Crippen molar-refractivity contribution in [3.8, 4) is 0 Å². The number of ether oxygens (including phenoxy) is 1. The Bertz CT molecular complexity index is 871. The zero-order chi connectivity index (χ0) is 22.9. The minimum Gasteiger partial charge on any atom is -0.452 e. The van der Waals surface area contributed by atoms with E-state index in [0.29, 0.717) is 11.3 Å². The third kappa shape index (κ3) is 6.23. The van der Waals surface area contributed by atoms with E-state index in [1.807, 2.05) is 36.4 Å². The van der Waals surface area contributed by atoms with Gasteiger partial charge in [0.2, 0.25) is 0 Å². The first-order valence-corrected chi connectivity index (χ1v) is 11.4. The molecular formula is C25H34N4O3. The van der Waals surface area contributed by atoms with Crippen molar-refractivity contribution < 1.29 is 14.3 Å². The highest BCUT2D eigenvalue weighted by molar-refractivity contribution is 5.95. The van der Waals surface area contributed by atoms with Crippen LogP contribution < -0.4 is 15.1 Å². The Hall–Kier alpha value is -3.06. The van der Waals surface area contributed by atoms with Gasteiger partial charge in [-0.15, -0.1) is 0 Å². The predicted octanol–water partition coefficient (Wildman–Crippen LogP) is 3.47. The topological polar surface area (TPSA) is 65.1 Å². The summed E-state index contributed by atoms with van der Waals surface area (Å²) in [6.45, 7) is 13.1. The fraction of sp³-hybridized carbons (Fsp3) is 0.440. The number of carbonyl (C=O) groups excluding carboxylic acids is 2. The maximum atomic E-state index is 12.3. The lowest BCUT2D eigenvalue weighted by atomic mass is 10.2. The van der Waals surface area contributed by atoms with Gasteiger partial charge in [0.05, 0.1) is 5.56 Å². The molecule has 3 rings (SSSR count). The lowest BCUT2D eigenvalue weighted by Gasteiger charge is -2.35. The summed E-state index contributed by atoms with van der Waals surface area (Å²) in [4.78, 5) is 31.5. The summed E-state index contributed by atoms with van der Waals surface area (Å²) in [7, 11) is 0. The molecule has 0 aliphatic carbocycles. The highest BCUT2D eigenvalue weighted by Gasteiger charge is 2.16. The Morgan fingerprint density at radius 1 is 0.906 bits per heavy atom. The maximum absolute atomic E-state index is 12.3. The van der Waals surface area contributed by atoms with Gasteiger partial charge < -0.3 is 24.8 Å². The second kappa shape index (κ2) is 11.5. The van der Waals surface area contributed by atoms with Gasteiger partial charge >= 0.3 is 5.97 Å². The van der Waals surface area contributed by atoms with Gasteiger partial charge in [0.1, 0.15) is 0 Å². The first-order chi connectivity index (χ1) is 15.5. The van der Waals surface area contributed by atoms with Gasteiger partial charge in [-0.1, -0.05) is 6.92 Å². The largest absolute Gasteiger partial charge is 0.452 e. The van der Waals surface area contributed by atoms with Crippen molar-refractivity contribution in [2.24, 2.45) is 0 Å². The summed E-state index contributed by atoms with van der Waals surface area (Å²) >= 11 is 0. The third-order valence-electron chi connectivity index (χ3n) is 5.90. The third-order valence-corrected chi connectivity index (χ3v) is 5.90. The number of nitrogens with one attached hydrogen (secondary N) is 1. The molecule has 1 N–H and O–H groups in total. The predicted molar refractivity (Wildman–Crippen MR) is 130 cm³/mol. The molecule has 1 fully saturated rings. The van der Waals surface area contributed by atoms with E-state index in [1.54, 1.807) is 12.1 Å². The van der Waals surface area contributed by atoms with Crippen LogP contribution in [0.4, 0.5) is 17.1 Å². The van der Waals surface area contributed by atoms with E-state index in [-0.39, 0.29) is 12.5 Å². The molecule has 2 aromatic rings. The Balaban J connectivity index is 1.46. The minimum absolute atomic E-state index is 0.322. The summed E-state index contributed by atoms with van der Waals surface area (Å²) < 4.78 is 5.18. The molecule has 0 radical (unpaired) electrons. The number of anilines is 3. The van der Waals surface area contributed by atoms with Gasteiger partial charge in [-0.3, -0.25) is 4.79 Å². The first-order valence-electron chi connectivity index (χ1n) is 11.4. The molecule has 32 heavy (non-hydrogen) atoms. The van der Waals surface area contributed by atoms with Crippen LogP contribution in [0.15, 0.2) is 48.5 Å². The van der Waals surface area contributed by atoms with Crippen LogP contribution in [0.25, 0.3) is 0 Å². The number of amides is 1. The molecule has 1 aliphatic heterocycles. The number of nitrogens with zero attached hydrogens (tertiary/aromatic N) is 3. The number of likely N-dealkylation sites (N-methyl/N-ethyl adjacent to an activating group) is 1. The Morgan fingerprint density at radius 2 is 1.53 bits per heavy atom. The van der Waals surface area contributed by atoms with Crippen LogP contribution in [-0.2, 0) is 9.53 Å². The number of hydrogen-bond donors (Lipinski definition) is 1. The number of carbonyl (C=O) groups is 2. The van der Waals surface area contributed by atoms with Crippen molar-refractivity contribution >= 4 is 28.9 Å². The molecule has 0 aromatic heterocycles. The average molecular weight is 439 g/mol. The Labute approximate surface area is 190 Å². The van der Waals surface area contributed by atoms with E-state index in [2.05, 4.69) is 40.8 Å². The summed E-state index contributed by atoms with van der Waals surface area (Å²) in [6.07, 6.45) is 0. The molecule has 2 aromatic carbocycles. The van der Waals surface area contributed by atoms with Gasteiger partial charge in [0.15, 0.2) is 6.61 Å². The molecule has 7 nitrogen and oxygen atoms in total. The SMILES string of the molecule is CCN1CCN(c2ccc(NC(=O)COC(=O)c3ccc(N(CC)CC)cc3)cc2)CC1. The molecule has 0 saturated carbocycles. The molecule has 1 amide bonds. The average Bonchev–Trinajstić information content (AvgIpc) is 2.84. The lowest BCUT2D eigenvalue weighted by Crippen LogP contribution is -2.46. The van der Waals surface area contributed by atoms with Gasteiger partial charge in [0, 0.05) is 56.3 Å². The second-order valence-corrected chi connectivity index (χ2v) is 7.81. The normalized spacial score (nSPS) is 14.2. The molecule has 172 valence electrons. The van der Waals surface area contributed by atoms with Crippen LogP contribution in [-0.4, -0.2) is 69.2 Å². The molecule has 0 bridgehead atoms. The van der Waals surface area contributed by atoms with Gasteiger partial charge in [-0.25, -0.2) is 4.79 Å². The van der Waals surface area contributed by atoms with Gasteiger partial charge in [-0.2, -0.15) is 0 Å². The molecule has 0 atom stereocenters. The lowest BCUT2D eigenvalue weighted by molar-refractivity contribution is -0.119. The molecular weight excluding hydrogens is 404 g/mol. The second-order valence-electron chi connectivity index (χ2n) is 7.81. The highest BCUT2D eigenvalue weighted by Crippen LogP contribution is 2.20. The number of hydrogen-bond acceptors (Lipinski definition) is 6. The van der Waals surface area contributed by atoms with Crippen molar-refractivity contribution in [1.29, 1.82) is 0 Å². The van der Waals surface area contributed by atoms with Crippen LogP contribution in [0.3, 0.4) is 0 Å². The zero-order valence-corrected chi connectivity index (χ0v) is 19.3. The summed E-state index contributed by atoms with van der Waals surface area (Å²) in [6, 6.07) is 15.0. The van der Waals surface area contributed by atoms with E-state index in [4.69, 9.17) is 4.74 Å². The quantitative estimate of drug-likeness (QED) is 0.605. The van der Waals surface area contributed by atoms with Crippen LogP contribution in [0.1, 0.15) is 31.1 Å². The summed E-state index contributed by atoms with van der Waals surface area (Å²) in [5.41, 5.74) is 3.32. The maximum Gasteiger partial charge on any atom is 0.338 e. The fourth-order valence-corrected chi connectivity index (χ4v) is 3.89. The van der Waals surface area contributed by atoms with Crippen LogP contribution >= 0.6 is 0 Å². The van der Waals surface area contributed by atoms with Gasteiger partial charge in [0.25, 0.3) is 5.91 Å². The molecule has 7 heteroatoms. The van der Waals surface area contributed by atoms with Crippen LogP contribution in [0, 0.1) is 0 Å². The number of piperazine rings is 1. The number of rotatable bonds is 9. The summed E-state index contributed by atoms with van der Waals surface area (Å²) in [5, 5.41) is 2.78. The van der Waals surface area contributed by atoms with E-state index < -0.39 is 5.97 Å². The zero-order valence-electron chi connectivity index (χ0n) is 19.3. The number of esters is 1. The van der Waals surface area contributed by atoms with Crippen LogP contribution in [0.5, 0.6) is 0 Å². The van der Waals surface area contributed by atoms with Crippen molar-refractivity contribution in [2.75, 3.05) is 67.5 Å². The molecule has 1 heterocycles. The standard InChI is InChI=1S/C25H34N4O3/c1-4-27-15-17-29(18-16-27)23-13-9-21(10-14-23)26-24(30)19-32-25(31)20-7-11-22(12-8-20)28(5-2)6-3/h7-14H,4-6,15-19H2,1-3H3,(H,26,30). The van der Waals surface area contributed by atoms with Crippen molar-refractivity contribution in [3.63, 3.8) is 0 Å². The van der Waals surface area contributed by atoms with Crippen LogP contribution in [0.2, 0.25) is 0 Å². The Kier molecular flexibility index (Phi) is 8.50. The van der Waals surface area contributed by atoms with E-state index >= 15 is 0 Å². The van der Waals surface area contributed by atoms with E-state index in [9.17, 15) is 9.59 Å². The number of benzene rings is 2. The van der Waals surface area contributed by atoms with Crippen molar-refractivity contribution in [3.05, 3.63) is 54.1 Å². The molecule has 0 unspecified atom stereocenters. The fourth-order valence-electron chi connectivity index (χ4n) is 3.89. The minimum atomic E-state index is -0.507. The monoisotopic (exact) mass is 438 g/mol. The Morgan fingerprint density at radius 3 is 2.09 bits per heavy atom. The van der Waals surface area contributed by atoms with Gasteiger partial charge in [-0.05, 0) is 68.9 Å². The van der Waals surface area contributed by atoms with E-state index in [0.717, 1.165) is 57.2 Å². The smallest absolute Gasteiger partial charge is 0.338 e. The molecule has 1 aliphatic rings. The van der Waals surface area contributed by atoms with Crippen molar-refractivity contribution in [2.45, 2.75) is 20.8 Å². The van der Waals surface area contributed by atoms with Crippen molar-refractivity contribution in [1.82, 2.24) is 4.90 Å². The molecule has 1 saturated heterocycles. The molecule has 0 spiro atoms. The summed E-state index contributed by atoms with van der Waals surface area (Å²) in [5.74, 6) is -0.866. The highest BCUT2D eigenvalue weighted by atomic mass is 16.5. The van der Waals surface area contributed by atoms with E-state index in [1.165, 1.54) is 0 Å². The first kappa shape index (κ1) is 23.6.